The minimum atomic E-state index is -1.52. The van der Waals surface area contributed by atoms with Crippen LogP contribution in [0.4, 0.5) is 0 Å². The van der Waals surface area contributed by atoms with Crippen molar-refractivity contribution in [1.29, 1.82) is 0 Å². The predicted octanol–water partition coefficient (Wildman–Crippen LogP) is 5.04. The predicted molar refractivity (Wildman–Crippen MR) is 145 cm³/mol. The van der Waals surface area contributed by atoms with E-state index in [1.165, 1.54) is 29.8 Å². The van der Waals surface area contributed by atoms with E-state index in [1.54, 1.807) is 24.1 Å². The number of hydrogen-bond acceptors (Lipinski definition) is 5. The van der Waals surface area contributed by atoms with Crippen molar-refractivity contribution in [2.45, 2.75) is 11.4 Å². The van der Waals surface area contributed by atoms with Crippen molar-refractivity contribution in [1.82, 2.24) is 14.9 Å². The second-order valence-electron chi connectivity index (χ2n) is 8.30. The Kier molecular flexibility index (Phi) is 9.21. The summed E-state index contributed by atoms with van der Waals surface area (Å²) < 4.78 is 16.6. The molecule has 1 amide bonds. The van der Waals surface area contributed by atoms with E-state index < -0.39 is 11.0 Å². The van der Waals surface area contributed by atoms with Crippen LogP contribution in [0.2, 0.25) is 5.02 Å². The Hall–Kier alpha value is -2.56. The zero-order chi connectivity index (χ0) is 25.7. The van der Waals surface area contributed by atoms with Crippen LogP contribution < -0.4 is 0 Å². The Bertz CT molecular complexity index is 1220. The van der Waals surface area contributed by atoms with E-state index in [0.717, 1.165) is 27.1 Å². The Morgan fingerprint density at radius 3 is 2.17 bits per heavy atom. The van der Waals surface area contributed by atoms with E-state index >= 15 is 0 Å². The molecule has 3 rings (SSSR count). The fraction of sp³-hybridized carbons (Fsp3) is 0.280. The van der Waals surface area contributed by atoms with Crippen molar-refractivity contribution in [2.75, 3.05) is 42.3 Å². The molecule has 0 saturated heterocycles. The van der Waals surface area contributed by atoms with Crippen molar-refractivity contribution < 1.29 is 13.8 Å². The van der Waals surface area contributed by atoms with Gasteiger partial charge in [-0.3, -0.25) is 9.63 Å². The van der Waals surface area contributed by atoms with Crippen molar-refractivity contribution in [3.63, 3.8) is 0 Å². The minimum absolute atomic E-state index is 0.240. The largest absolute Gasteiger partial charge is 0.368 e. The second kappa shape index (κ2) is 11.9. The van der Waals surface area contributed by atoms with Crippen molar-refractivity contribution >= 4 is 46.2 Å². The lowest BCUT2D eigenvalue weighted by molar-refractivity contribution is -0.0753. The van der Waals surface area contributed by atoms with Crippen molar-refractivity contribution in [2.24, 2.45) is 4.40 Å². The maximum atomic E-state index is 13.3. The Morgan fingerprint density at radius 2 is 1.63 bits per heavy atom. The smallest absolute Gasteiger partial charge is 0.287 e. The van der Waals surface area contributed by atoms with E-state index in [1.807, 2.05) is 64.6 Å². The quantitative estimate of drug-likeness (QED) is 0.219. The monoisotopic (exact) mass is 532 g/mol. The number of halogens is 1. The summed E-state index contributed by atoms with van der Waals surface area (Å²) in [6.07, 6.45) is 1.52. The van der Waals surface area contributed by atoms with Gasteiger partial charge in [0.2, 0.25) is 0 Å². The highest BCUT2D eigenvalue weighted by atomic mass is 35.5. The lowest BCUT2D eigenvalue weighted by atomic mass is 9.97. The summed E-state index contributed by atoms with van der Waals surface area (Å²) in [5, 5.41) is 1.87. The van der Waals surface area contributed by atoms with Gasteiger partial charge < -0.3 is 9.80 Å². The highest BCUT2D eigenvalue weighted by Crippen LogP contribution is 2.44. The van der Waals surface area contributed by atoms with Gasteiger partial charge in [0.25, 0.3) is 5.91 Å². The van der Waals surface area contributed by atoms with Gasteiger partial charge >= 0.3 is 0 Å². The van der Waals surface area contributed by atoms with E-state index in [0.29, 0.717) is 21.3 Å². The van der Waals surface area contributed by atoms with Crippen LogP contribution in [-0.4, -0.2) is 73.7 Å². The van der Waals surface area contributed by atoms with Crippen LogP contribution in [0.5, 0.6) is 0 Å². The molecule has 7 nitrogen and oxygen atoms in total. The topological polar surface area (TPSA) is 65.5 Å². The van der Waals surface area contributed by atoms with Gasteiger partial charge in [0.1, 0.15) is 11.2 Å². The first kappa shape index (κ1) is 27.0. The van der Waals surface area contributed by atoms with Gasteiger partial charge in [-0.15, -0.1) is 11.3 Å². The van der Waals surface area contributed by atoms with Crippen LogP contribution in [0.1, 0.15) is 15.2 Å². The highest BCUT2D eigenvalue weighted by Gasteiger charge is 2.27. The number of carbonyl (C=O) groups excluding carboxylic acids is 1. The minimum Gasteiger partial charge on any atom is -0.368 e. The molecule has 0 saturated carbocycles. The van der Waals surface area contributed by atoms with E-state index in [4.69, 9.17) is 16.4 Å². The third-order valence-electron chi connectivity index (χ3n) is 5.06. The maximum Gasteiger partial charge on any atom is 0.287 e. The average Bonchev–Trinajstić information content (AvgIpc) is 3.20. The lowest BCUT2D eigenvalue weighted by Gasteiger charge is -2.16. The average molecular weight is 533 g/mol. The first-order valence-electron chi connectivity index (χ1n) is 10.7. The first-order valence-corrected chi connectivity index (χ1v) is 13.0. The summed E-state index contributed by atoms with van der Waals surface area (Å²) >= 11 is 7.55. The standard InChI is InChI=1S/C25H29ClN4O3S2/c1-28(2)15-21-22(17-9-13-20(14-10-17)35(32)27-16-29(3)4)24(25(31)30(5)33-6)34-23(21)18-7-11-19(26)12-8-18/h7-14,16H,15H2,1-6H3/b27-16-. The zero-order valence-corrected chi connectivity index (χ0v) is 23.0. The second-order valence-corrected chi connectivity index (χ2v) is 10.9. The Labute approximate surface area is 218 Å². The van der Waals surface area contributed by atoms with Crippen LogP contribution in [0, 0.1) is 0 Å². The van der Waals surface area contributed by atoms with Gasteiger partial charge in [-0.05, 0) is 55.1 Å². The number of hydrogen-bond donors (Lipinski definition) is 0. The fourth-order valence-electron chi connectivity index (χ4n) is 3.38. The molecule has 0 aliphatic heterocycles. The number of amides is 1. The molecule has 0 spiro atoms. The molecule has 186 valence electrons. The third-order valence-corrected chi connectivity index (χ3v) is 7.54. The summed E-state index contributed by atoms with van der Waals surface area (Å²) in [6.45, 7) is 0.620. The van der Waals surface area contributed by atoms with Gasteiger partial charge in [0.15, 0.2) is 11.0 Å². The molecule has 0 aliphatic carbocycles. The molecule has 0 fully saturated rings. The summed E-state index contributed by atoms with van der Waals surface area (Å²) in [6, 6.07) is 14.9. The molecule has 0 radical (unpaired) electrons. The van der Waals surface area contributed by atoms with Gasteiger partial charge in [-0.25, -0.2) is 9.27 Å². The number of hydroxylamine groups is 2. The number of carbonyl (C=O) groups is 1. The number of thiophene rings is 1. The van der Waals surface area contributed by atoms with Gasteiger partial charge in [-0.1, -0.05) is 35.9 Å². The lowest BCUT2D eigenvalue weighted by Crippen LogP contribution is -2.25. The molecule has 1 unspecified atom stereocenters. The van der Waals surface area contributed by atoms with Crippen LogP contribution in [-0.2, 0) is 22.4 Å². The molecule has 0 aliphatic rings. The number of rotatable bonds is 9. The molecule has 0 N–H and O–H groups in total. The Balaban J connectivity index is 2.19. The van der Waals surface area contributed by atoms with E-state index in [9.17, 15) is 9.00 Å². The molecule has 3 aromatic rings. The van der Waals surface area contributed by atoms with E-state index in [2.05, 4.69) is 9.30 Å². The van der Waals surface area contributed by atoms with Gasteiger partial charge in [0.05, 0.1) is 12.0 Å². The Morgan fingerprint density at radius 1 is 1.03 bits per heavy atom. The molecule has 2 aromatic carbocycles. The first-order chi connectivity index (χ1) is 16.6. The van der Waals surface area contributed by atoms with Crippen molar-refractivity contribution in [3.05, 3.63) is 64.0 Å². The molecule has 1 atom stereocenters. The molecule has 0 bridgehead atoms. The number of nitrogens with zero attached hydrogens (tertiary/aromatic N) is 4. The maximum absolute atomic E-state index is 13.3. The van der Waals surface area contributed by atoms with Crippen LogP contribution >= 0.6 is 22.9 Å². The van der Waals surface area contributed by atoms with Crippen LogP contribution in [0.15, 0.2) is 57.8 Å². The zero-order valence-electron chi connectivity index (χ0n) is 20.6. The van der Waals surface area contributed by atoms with E-state index in [-0.39, 0.29) is 5.91 Å². The molecule has 1 aromatic heterocycles. The SMILES string of the molecule is CON(C)C(=O)c1sc(-c2ccc(Cl)cc2)c(CN(C)C)c1-c1ccc(S(=O)/N=C\N(C)C)cc1. The molecule has 35 heavy (non-hydrogen) atoms. The third kappa shape index (κ3) is 6.56. The molecule has 10 heteroatoms. The van der Waals surface area contributed by atoms with Crippen LogP contribution in [0.3, 0.4) is 0 Å². The highest BCUT2D eigenvalue weighted by molar-refractivity contribution is 7.83. The van der Waals surface area contributed by atoms with Crippen LogP contribution in [0.25, 0.3) is 21.6 Å². The molecular formula is C25H29ClN4O3S2. The van der Waals surface area contributed by atoms with Gasteiger partial charge in [0, 0.05) is 43.2 Å². The summed E-state index contributed by atoms with van der Waals surface area (Å²) in [5.41, 5.74) is 3.68. The summed E-state index contributed by atoms with van der Waals surface area (Å²) in [7, 11) is 9.16. The molecular weight excluding hydrogens is 504 g/mol. The summed E-state index contributed by atoms with van der Waals surface area (Å²) in [4.78, 5) is 24.5. The normalized spacial score (nSPS) is 12.3. The fourth-order valence-corrected chi connectivity index (χ4v) is 5.58. The summed E-state index contributed by atoms with van der Waals surface area (Å²) in [5.74, 6) is -0.240. The molecule has 1 heterocycles. The van der Waals surface area contributed by atoms with Crippen molar-refractivity contribution in [3.8, 4) is 21.6 Å². The van der Waals surface area contributed by atoms with Gasteiger partial charge in [-0.2, -0.15) is 4.40 Å². The number of benzene rings is 2.